The predicted molar refractivity (Wildman–Crippen MR) is 107 cm³/mol. The number of aromatic nitrogens is 2. The Balaban J connectivity index is 1.66. The van der Waals surface area contributed by atoms with Crippen LogP contribution in [0.4, 0.5) is 19.1 Å². The lowest BCUT2D eigenvalue weighted by atomic mass is 9.88. The van der Waals surface area contributed by atoms with Gasteiger partial charge in [-0.2, -0.15) is 13.2 Å². The molecule has 2 aliphatic rings. The van der Waals surface area contributed by atoms with Gasteiger partial charge in [-0.3, -0.25) is 4.79 Å². The van der Waals surface area contributed by atoms with Crippen molar-refractivity contribution in [2.24, 2.45) is 5.92 Å². The topological polar surface area (TPSA) is 72.1 Å². The highest BCUT2D eigenvalue weighted by Crippen LogP contribution is 2.39. The molecule has 2 aromatic rings. The first kappa shape index (κ1) is 20.6. The molecule has 1 saturated carbocycles. The number of halogens is 3. The number of nitrogen functional groups attached to an aromatic ring is 1. The van der Waals surface area contributed by atoms with E-state index < -0.39 is 11.7 Å². The smallest absolute Gasteiger partial charge is 0.368 e. The van der Waals surface area contributed by atoms with Gasteiger partial charge in [-0.1, -0.05) is 31.4 Å². The molecule has 5 nitrogen and oxygen atoms in total. The molecule has 0 spiro atoms. The summed E-state index contributed by atoms with van der Waals surface area (Å²) < 4.78 is 38.8. The van der Waals surface area contributed by atoms with Gasteiger partial charge in [-0.05, 0) is 43.4 Å². The Bertz CT molecular complexity index is 908. The van der Waals surface area contributed by atoms with Gasteiger partial charge in [0.25, 0.3) is 0 Å². The number of amides is 1. The van der Waals surface area contributed by atoms with Gasteiger partial charge in [0.15, 0.2) is 0 Å². The van der Waals surface area contributed by atoms with Crippen molar-refractivity contribution >= 4 is 11.9 Å². The van der Waals surface area contributed by atoms with Crippen molar-refractivity contribution in [2.45, 2.75) is 57.2 Å². The van der Waals surface area contributed by atoms with E-state index in [-0.39, 0.29) is 23.8 Å². The Labute approximate surface area is 173 Å². The summed E-state index contributed by atoms with van der Waals surface area (Å²) in [5.74, 6) is 0.304. The molecule has 0 radical (unpaired) electrons. The lowest BCUT2D eigenvalue weighted by molar-refractivity contribution is -0.138. The zero-order valence-electron chi connectivity index (χ0n) is 16.7. The van der Waals surface area contributed by atoms with Crippen molar-refractivity contribution < 1.29 is 18.0 Å². The van der Waals surface area contributed by atoms with Crippen LogP contribution in [0.3, 0.4) is 0 Å². The molecule has 1 unspecified atom stereocenters. The lowest BCUT2D eigenvalue weighted by Gasteiger charge is -2.31. The molecule has 8 heteroatoms. The van der Waals surface area contributed by atoms with Crippen molar-refractivity contribution in [1.29, 1.82) is 0 Å². The highest BCUT2D eigenvalue weighted by Gasteiger charge is 2.36. The molecule has 2 fully saturated rings. The second-order valence-electron chi connectivity index (χ2n) is 8.13. The van der Waals surface area contributed by atoms with Crippen LogP contribution in [0.25, 0.3) is 11.1 Å². The Kier molecular flexibility index (Phi) is 5.66. The number of hydrogen-bond donors (Lipinski definition) is 1. The Morgan fingerprint density at radius 2 is 1.73 bits per heavy atom. The van der Waals surface area contributed by atoms with Crippen molar-refractivity contribution in [3.63, 3.8) is 0 Å². The second kappa shape index (κ2) is 8.24. The lowest BCUT2D eigenvalue weighted by Crippen LogP contribution is -2.37. The van der Waals surface area contributed by atoms with Crippen LogP contribution in [0, 0.1) is 5.92 Å². The number of anilines is 1. The number of benzene rings is 1. The average molecular weight is 418 g/mol. The normalized spacial score (nSPS) is 20.5. The SMILES string of the molecule is Nc1ncc(-c2ccc(C(F)(F)F)cc2)c(C2CCCN2C(=O)C2CCCCC2)n1. The summed E-state index contributed by atoms with van der Waals surface area (Å²) in [5, 5.41) is 0. The number of carbonyl (C=O) groups is 1. The van der Waals surface area contributed by atoms with Crippen molar-refractivity contribution in [1.82, 2.24) is 14.9 Å². The predicted octanol–water partition coefficient (Wildman–Crippen LogP) is 4.99. The van der Waals surface area contributed by atoms with E-state index in [4.69, 9.17) is 5.73 Å². The average Bonchev–Trinajstić information content (AvgIpc) is 3.23. The first-order chi connectivity index (χ1) is 14.3. The third kappa shape index (κ3) is 4.13. The molecule has 0 bridgehead atoms. The van der Waals surface area contributed by atoms with E-state index in [0.29, 0.717) is 23.4 Å². The first-order valence-electron chi connectivity index (χ1n) is 10.4. The van der Waals surface area contributed by atoms with Crippen LogP contribution in [0.2, 0.25) is 0 Å². The van der Waals surface area contributed by atoms with Crippen molar-refractivity contribution in [3.05, 3.63) is 41.7 Å². The van der Waals surface area contributed by atoms with E-state index in [1.807, 2.05) is 4.90 Å². The van der Waals surface area contributed by atoms with Crippen LogP contribution in [0.5, 0.6) is 0 Å². The van der Waals surface area contributed by atoms with Gasteiger partial charge in [0.05, 0.1) is 17.3 Å². The van der Waals surface area contributed by atoms with Gasteiger partial charge < -0.3 is 10.6 Å². The third-order valence-corrected chi connectivity index (χ3v) is 6.17. The van der Waals surface area contributed by atoms with E-state index in [0.717, 1.165) is 50.7 Å². The monoisotopic (exact) mass is 418 g/mol. The van der Waals surface area contributed by atoms with Gasteiger partial charge in [0.2, 0.25) is 11.9 Å². The van der Waals surface area contributed by atoms with Crippen molar-refractivity contribution in [2.75, 3.05) is 12.3 Å². The number of alkyl halides is 3. The minimum atomic E-state index is -4.40. The minimum Gasteiger partial charge on any atom is -0.368 e. The molecule has 4 rings (SSSR count). The second-order valence-corrected chi connectivity index (χ2v) is 8.13. The Hall–Kier alpha value is -2.64. The Morgan fingerprint density at radius 1 is 1.03 bits per heavy atom. The molecule has 2 heterocycles. The number of nitrogens with two attached hydrogens (primary N) is 1. The zero-order valence-corrected chi connectivity index (χ0v) is 16.7. The van der Waals surface area contributed by atoms with E-state index in [1.165, 1.54) is 18.6 Å². The van der Waals surface area contributed by atoms with Crippen LogP contribution in [-0.4, -0.2) is 27.3 Å². The Morgan fingerprint density at radius 3 is 2.40 bits per heavy atom. The molecule has 1 aromatic heterocycles. The summed E-state index contributed by atoms with van der Waals surface area (Å²) in [6, 6.07) is 4.71. The van der Waals surface area contributed by atoms with Gasteiger partial charge in [-0.15, -0.1) is 0 Å². The van der Waals surface area contributed by atoms with E-state index in [2.05, 4.69) is 9.97 Å². The van der Waals surface area contributed by atoms with Crippen LogP contribution >= 0.6 is 0 Å². The maximum absolute atomic E-state index is 13.2. The largest absolute Gasteiger partial charge is 0.416 e. The molecule has 1 atom stereocenters. The highest BCUT2D eigenvalue weighted by atomic mass is 19.4. The van der Waals surface area contributed by atoms with Crippen molar-refractivity contribution in [3.8, 4) is 11.1 Å². The van der Waals surface area contributed by atoms with E-state index >= 15 is 0 Å². The van der Waals surface area contributed by atoms with E-state index in [1.54, 1.807) is 6.20 Å². The van der Waals surface area contributed by atoms with Crippen LogP contribution in [0.1, 0.15) is 62.2 Å². The minimum absolute atomic E-state index is 0.0491. The van der Waals surface area contributed by atoms with Crippen LogP contribution in [-0.2, 0) is 11.0 Å². The molecule has 1 aromatic carbocycles. The van der Waals surface area contributed by atoms with Crippen LogP contribution in [0.15, 0.2) is 30.5 Å². The van der Waals surface area contributed by atoms with Gasteiger partial charge in [0, 0.05) is 24.2 Å². The number of likely N-dealkylation sites (tertiary alicyclic amines) is 1. The maximum atomic E-state index is 13.2. The number of hydrogen-bond acceptors (Lipinski definition) is 4. The van der Waals surface area contributed by atoms with E-state index in [9.17, 15) is 18.0 Å². The number of nitrogens with zero attached hydrogens (tertiary/aromatic N) is 3. The molecule has 1 amide bonds. The highest BCUT2D eigenvalue weighted by molar-refractivity contribution is 5.80. The van der Waals surface area contributed by atoms with Gasteiger partial charge in [-0.25, -0.2) is 9.97 Å². The summed E-state index contributed by atoms with van der Waals surface area (Å²) in [6.45, 7) is 0.663. The fraction of sp³-hybridized carbons (Fsp3) is 0.500. The third-order valence-electron chi connectivity index (χ3n) is 6.17. The summed E-state index contributed by atoms with van der Waals surface area (Å²) in [6.07, 6.45) is 3.92. The summed E-state index contributed by atoms with van der Waals surface area (Å²) in [4.78, 5) is 23.6. The van der Waals surface area contributed by atoms with Gasteiger partial charge >= 0.3 is 6.18 Å². The summed E-state index contributed by atoms with van der Waals surface area (Å²) in [5.41, 5.74) is 6.95. The first-order valence-corrected chi connectivity index (χ1v) is 10.4. The number of carbonyl (C=O) groups excluding carboxylic acids is 1. The molecule has 30 heavy (non-hydrogen) atoms. The zero-order chi connectivity index (χ0) is 21.3. The standard InChI is InChI=1S/C22H25F3N4O/c23-22(24,25)16-10-8-14(9-11-16)17-13-27-21(26)28-19(17)18-7-4-12-29(18)20(30)15-5-2-1-3-6-15/h8-11,13,15,18H,1-7,12H2,(H2,26,27,28). The van der Waals surface area contributed by atoms with Crippen LogP contribution < -0.4 is 5.73 Å². The molecule has 1 aliphatic heterocycles. The quantitative estimate of drug-likeness (QED) is 0.762. The van der Waals surface area contributed by atoms with Gasteiger partial charge in [0.1, 0.15) is 0 Å². The fourth-order valence-corrected chi connectivity index (χ4v) is 4.62. The maximum Gasteiger partial charge on any atom is 0.416 e. The molecule has 1 aliphatic carbocycles. The summed E-state index contributed by atoms with van der Waals surface area (Å²) in [7, 11) is 0. The number of rotatable bonds is 3. The molecule has 1 saturated heterocycles. The summed E-state index contributed by atoms with van der Waals surface area (Å²) >= 11 is 0. The fourth-order valence-electron chi connectivity index (χ4n) is 4.62. The molecular weight excluding hydrogens is 393 g/mol. The molecule has 2 N–H and O–H groups in total. The molecular formula is C22H25F3N4O. The molecule has 160 valence electrons.